The molecule has 0 bridgehead atoms. The van der Waals surface area contributed by atoms with Crippen LogP contribution in [0.5, 0.6) is 5.75 Å². The van der Waals surface area contributed by atoms with Crippen LogP contribution in [0.2, 0.25) is 0 Å². The van der Waals surface area contributed by atoms with E-state index in [-0.39, 0.29) is 17.4 Å². The maximum absolute atomic E-state index is 10.8. The van der Waals surface area contributed by atoms with E-state index in [4.69, 9.17) is 5.11 Å². The van der Waals surface area contributed by atoms with Crippen molar-refractivity contribution in [2.75, 3.05) is 0 Å². The van der Waals surface area contributed by atoms with Crippen LogP contribution in [0.1, 0.15) is 25.8 Å². The highest BCUT2D eigenvalue weighted by molar-refractivity contribution is 5.69. The lowest BCUT2D eigenvalue weighted by Gasteiger charge is -2.14. The van der Waals surface area contributed by atoms with E-state index in [0.717, 1.165) is 5.56 Å². The molecule has 0 saturated carbocycles. The first-order valence-corrected chi connectivity index (χ1v) is 6.00. The Bertz CT molecular complexity index is 486. The smallest absolute Gasteiger partial charge is 0.310 e. The number of nitro benzene ring substituents is 1. The van der Waals surface area contributed by atoms with Crippen LogP contribution in [0.3, 0.4) is 0 Å². The lowest BCUT2D eigenvalue weighted by atomic mass is 9.91. The summed E-state index contributed by atoms with van der Waals surface area (Å²) in [6, 6.07) is 4.24. The van der Waals surface area contributed by atoms with Crippen molar-refractivity contribution in [1.29, 1.82) is 0 Å². The molecular formula is C13H17NO5. The van der Waals surface area contributed by atoms with Crippen LogP contribution in [0, 0.1) is 22.0 Å². The number of nitrogens with zero attached hydrogens (tertiary/aromatic N) is 1. The molecule has 0 radical (unpaired) electrons. The van der Waals surface area contributed by atoms with Crippen LogP contribution in [-0.4, -0.2) is 21.1 Å². The molecule has 1 aromatic rings. The molecule has 0 amide bonds. The van der Waals surface area contributed by atoms with Gasteiger partial charge in [0.2, 0.25) is 0 Å². The van der Waals surface area contributed by atoms with Gasteiger partial charge in [-0.15, -0.1) is 0 Å². The Balaban J connectivity index is 2.74. The number of phenolic OH excluding ortho intramolecular Hbond substituents is 1. The first-order valence-electron chi connectivity index (χ1n) is 6.00. The molecule has 6 heteroatoms. The molecule has 0 unspecified atom stereocenters. The van der Waals surface area contributed by atoms with Crippen molar-refractivity contribution in [3.63, 3.8) is 0 Å². The molecule has 0 aliphatic carbocycles. The van der Waals surface area contributed by atoms with Crippen molar-refractivity contribution in [2.45, 2.75) is 26.7 Å². The summed E-state index contributed by atoms with van der Waals surface area (Å²) >= 11 is 0. The summed E-state index contributed by atoms with van der Waals surface area (Å²) in [4.78, 5) is 20.8. The summed E-state index contributed by atoms with van der Waals surface area (Å²) in [5.41, 5.74) is 0.394. The van der Waals surface area contributed by atoms with Crippen LogP contribution in [-0.2, 0) is 11.2 Å². The molecule has 0 heterocycles. The number of carbonyl (C=O) groups is 1. The van der Waals surface area contributed by atoms with Crippen molar-refractivity contribution in [2.24, 2.45) is 11.8 Å². The number of carboxylic acid groups (broad SMARTS) is 1. The third-order valence-corrected chi connectivity index (χ3v) is 3.00. The molecule has 2 atom stereocenters. The van der Waals surface area contributed by atoms with Crippen LogP contribution in [0.25, 0.3) is 0 Å². The van der Waals surface area contributed by atoms with E-state index in [1.807, 2.05) is 6.92 Å². The first kappa shape index (κ1) is 14.9. The Kier molecular flexibility index (Phi) is 4.86. The SMILES string of the molecule is C[C@@H](Cc1ccc(O)c([N+](=O)[O-])c1)C[C@@H](C)C(=O)O. The van der Waals surface area contributed by atoms with Crippen molar-refractivity contribution in [1.82, 2.24) is 0 Å². The van der Waals surface area contributed by atoms with E-state index in [1.54, 1.807) is 13.0 Å². The summed E-state index contributed by atoms with van der Waals surface area (Å²) in [5, 5.41) is 28.9. The van der Waals surface area contributed by atoms with Crippen molar-refractivity contribution < 1.29 is 19.9 Å². The number of hydrogen-bond donors (Lipinski definition) is 2. The van der Waals surface area contributed by atoms with Crippen molar-refractivity contribution in [3.8, 4) is 5.75 Å². The fraction of sp³-hybridized carbons (Fsp3) is 0.462. The van der Waals surface area contributed by atoms with Crippen molar-refractivity contribution in [3.05, 3.63) is 33.9 Å². The van der Waals surface area contributed by atoms with Gasteiger partial charge in [-0.25, -0.2) is 0 Å². The predicted molar refractivity (Wildman–Crippen MR) is 69.0 cm³/mol. The summed E-state index contributed by atoms with van der Waals surface area (Å²) in [7, 11) is 0. The topological polar surface area (TPSA) is 101 Å². The zero-order chi connectivity index (χ0) is 14.6. The van der Waals surface area contributed by atoms with Gasteiger partial charge in [-0.1, -0.05) is 19.9 Å². The second-order valence-corrected chi connectivity index (χ2v) is 4.86. The number of carboxylic acids is 1. The Morgan fingerprint density at radius 3 is 2.58 bits per heavy atom. The maximum Gasteiger partial charge on any atom is 0.310 e. The molecule has 0 spiro atoms. The summed E-state index contributed by atoms with van der Waals surface area (Å²) in [6.45, 7) is 3.54. The summed E-state index contributed by atoms with van der Waals surface area (Å²) in [5.74, 6) is -1.55. The maximum atomic E-state index is 10.8. The van der Waals surface area contributed by atoms with E-state index < -0.39 is 16.8 Å². The van der Waals surface area contributed by atoms with E-state index in [2.05, 4.69) is 0 Å². The van der Waals surface area contributed by atoms with Gasteiger partial charge in [-0.05, 0) is 30.4 Å². The average molecular weight is 267 g/mol. The van der Waals surface area contributed by atoms with Gasteiger partial charge in [-0.3, -0.25) is 14.9 Å². The second-order valence-electron chi connectivity index (χ2n) is 4.86. The molecule has 6 nitrogen and oxygen atoms in total. The average Bonchev–Trinajstić information content (AvgIpc) is 2.30. The number of aliphatic carboxylic acids is 1. The zero-order valence-electron chi connectivity index (χ0n) is 10.9. The van der Waals surface area contributed by atoms with Gasteiger partial charge in [0, 0.05) is 6.07 Å². The van der Waals surface area contributed by atoms with Gasteiger partial charge in [0.15, 0.2) is 5.75 Å². The molecule has 0 saturated heterocycles. The highest BCUT2D eigenvalue weighted by Gasteiger charge is 2.18. The van der Waals surface area contributed by atoms with Gasteiger partial charge >= 0.3 is 11.7 Å². The minimum Gasteiger partial charge on any atom is -0.502 e. The lowest BCUT2D eigenvalue weighted by Crippen LogP contribution is -2.14. The molecule has 1 rings (SSSR count). The fourth-order valence-corrected chi connectivity index (χ4v) is 2.03. The van der Waals surface area contributed by atoms with Gasteiger partial charge in [0.1, 0.15) is 0 Å². The third kappa shape index (κ3) is 4.24. The van der Waals surface area contributed by atoms with Crippen LogP contribution >= 0.6 is 0 Å². The van der Waals surface area contributed by atoms with Gasteiger partial charge in [0.25, 0.3) is 0 Å². The standard InChI is InChI=1S/C13H17NO5/c1-8(5-9(2)13(16)17)6-10-3-4-12(15)11(7-10)14(18)19/h3-4,7-9,15H,5-6H2,1-2H3,(H,16,17)/t8-,9-/m1/s1. The Labute approximate surface area is 110 Å². The quantitative estimate of drug-likeness (QED) is 0.609. The highest BCUT2D eigenvalue weighted by atomic mass is 16.6. The van der Waals surface area contributed by atoms with Crippen LogP contribution in [0.4, 0.5) is 5.69 Å². The number of aromatic hydroxyl groups is 1. The van der Waals surface area contributed by atoms with E-state index in [0.29, 0.717) is 12.8 Å². The first-order chi connectivity index (χ1) is 8.81. The number of phenols is 1. The molecule has 0 aliphatic heterocycles. The van der Waals surface area contributed by atoms with Gasteiger partial charge in [-0.2, -0.15) is 0 Å². The molecule has 1 aromatic carbocycles. The third-order valence-electron chi connectivity index (χ3n) is 3.00. The molecule has 0 fully saturated rings. The molecule has 19 heavy (non-hydrogen) atoms. The molecule has 0 aliphatic rings. The van der Waals surface area contributed by atoms with Crippen molar-refractivity contribution >= 4 is 11.7 Å². The number of rotatable bonds is 6. The molecule has 2 N–H and O–H groups in total. The largest absolute Gasteiger partial charge is 0.502 e. The number of benzene rings is 1. The Morgan fingerprint density at radius 1 is 1.42 bits per heavy atom. The number of hydrogen-bond acceptors (Lipinski definition) is 4. The molecule has 0 aromatic heterocycles. The van der Waals surface area contributed by atoms with E-state index in [9.17, 15) is 20.0 Å². The van der Waals surface area contributed by atoms with Gasteiger partial charge < -0.3 is 10.2 Å². The minimum atomic E-state index is -0.844. The number of nitro groups is 1. The monoisotopic (exact) mass is 267 g/mol. The Hall–Kier alpha value is -2.11. The van der Waals surface area contributed by atoms with Crippen LogP contribution in [0.15, 0.2) is 18.2 Å². The lowest BCUT2D eigenvalue weighted by molar-refractivity contribution is -0.385. The Morgan fingerprint density at radius 2 is 2.05 bits per heavy atom. The van der Waals surface area contributed by atoms with Gasteiger partial charge in [0.05, 0.1) is 10.8 Å². The second kappa shape index (κ2) is 6.17. The fourth-order valence-electron chi connectivity index (χ4n) is 2.03. The van der Waals surface area contributed by atoms with E-state index in [1.165, 1.54) is 12.1 Å². The van der Waals surface area contributed by atoms with Crippen LogP contribution < -0.4 is 0 Å². The zero-order valence-corrected chi connectivity index (χ0v) is 10.9. The minimum absolute atomic E-state index is 0.0928. The summed E-state index contributed by atoms with van der Waals surface area (Å²) < 4.78 is 0. The highest BCUT2D eigenvalue weighted by Crippen LogP contribution is 2.28. The predicted octanol–water partition coefficient (Wildman–Crippen LogP) is 2.59. The molecule has 104 valence electrons. The summed E-state index contributed by atoms with van der Waals surface area (Å²) in [6.07, 6.45) is 1.04. The molecular weight excluding hydrogens is 250 g/mol. The normalized spacial score (nSPS) is 13.8. The van der Waals surface area contributed by atoms with E-state index >= 15 is 0 Å².